The summed E-state index contributed by atoms with van der Waals surface area (Å²) in [4.78, 5) is 54.3. The maximum Gasteiger partial charge on any atom is 0.326 e. The number of aromatic hydroxyl groups is 1. The smallest absolute Gasteiger partial charge is 0.326 e. The Kier molecular flexibility index (Phi) is 11.8. The fourth-order valence-corrected chi connectivity index (χ4v) is 4.87. The van der Waals surface area contributed by atoms with Crippen LogP contribution in [0, 0.1) is 0 Å². The third-order valence-electron chi connectivity index (χ3n) is 6.75. The van der Waals surface area contributed by atoms with Crippen LogP contribution in [0.25, 0.3) is 10.9 Å². The number of aromatic nitrogens is 1. The number of para-hydroxylation sites is 1. The molecule has 0 radical (unpaired) electrons. The number of carbonyl (C=O) groups excluding carboxylic acids is 3. The highest BCUT2D eigenvalue weighted by molar-refractivity contribution is 7.98. The summed E-state index contributed by atoms with van der Waals surface area (Å²) < 4.78 is 0. The second-order valence-electron chi connectivity index (χ2n) is 10.0. The number of H-pyrrole nitrogens is 1. The van der Waals surface area contributed by atoms with Crippen molar-refractivity contribution >= 4 is 46.4 Å². The van der Waals surface area contributed by atoms with Crippen LogP contribution in [-0.4, -0.2) is 86.3 Å². The van der Waals surface area contributed by atoms with Crippen molar-refractivity contribution in [1.29, 1.82) is 0 Å². The number of rotatable bonds is 15. The van der Waals surface area contributed by atoms with Crippen molar-refractivity contribution in [3.05, 3.63) is 65.9 Å². The number of aliphatic carboxylic acids is 1. The van der Waals surface area contributed by atoms with E-state index < -0.39 is 54.0 Å². The first-order valence-corrected chi connectivity index (χ1v) is 14.8. The van der Waals surface area contributed by atoms with Crippen LogP contribution in [-0.2, 0) is 32.0 Å². The maximum atomic E-state index is 13.3. The average molecular weight is 600 g/mol. The summed E-state index contributed by atoms with van der Waals surface area (Å²) in [5.41, 5.74) is 8.42. The molecule has 0 saturated heterocycles. The number of benzene rings is 2. The molecule has 226 valence electrons. The van der Waals surface area contributed by atoms with E-state index in [0.717, 1.165) is 16.5 Å². The number of fused-ring (bicyclic) bond motifs is 1. The Labute approximate surface area is 247 Å². The fourth-order valence-electron chi connectivity index (χ4n) is 4.40. The first-order chi connectivity index (χ1) is 20.0. The van der Waals surface area contributed by atoms with Crippen molar-refractivity contribution in [1.82, 2.24) is 20.9 Å². The molecular formula is C29H37N5O7S. The van der Waals surface area contributed by atoms with Crippen LogP contribution in [0.3, 0.4) is 0 Å². The van der Waals surface area contributed by atoms with Crippen LogP contribution in [0.1, 0.15) is 24.5 Å². The van der Waals surface area contributed by atoms with Gasteiger partial charge in [-0.1, -0.05) is 30.3 Å². The zero-order valence-electron chi connectivity index (χ0n) is 23.4. The van der Waals surface area contributed by atoms with Crippen molar-refractivity contribution in [3.8, 4) is 5.75 Å². The summed E-state index contributed by atoms with van der Waals surface area (Å²) in [5.74, 6) is -3.01. The lowest BCUT2D eigenvalue weighted by molar-refractivity contribution is -0.142. The van der Waals surface area contributed by atoms with Gasteiger partial charge in [0.05, 0.1) is 12.1 Å². The van der Waals surface area contributed by atoms with E-state index in [9.17, 15) is 34.5 Å². The average Bonchev–Trinajstić information content (AvgIpc) is 3.36. The van der Waals surface area contributed by atoms with Crippen molar-refractivity contribution in [3.63, 3.8) is 0 Å². The molecule has 13 heteroatoms. The van der Waals surface area contributed by atoms with Gasteiger partial charge in [-0.3, -0.25) is 14.4 Å². The number of nitrogens with one attached hydrogen (secondary N) is 4. The van der Waals surface area contributed by atoms with Crippen LogP contribution in [0.5, 0.6) is 5.75 Å². The fraction of sp³-hybridized carbons (Fsp3) is 0.379. The molecule has 0 aliphatic rings. The number of aliphatic hydroxyl groups excluding tert-OH is 1. The number of aromatic amines is 1. The van der Waals surface area contributed by atoms with Gasteiger partial charge in [0.2, 0.25) is 17.7 Å². The van der Waals surface area contributed by atoms with E-state index in [1.54, 1.807) is 18.3 Å². The van der Waals surface area contributed by atoms with Gasteiger partial charge >= 0.3 is 5.97 Å². The number of thioether (sulfide) groups is 1. The van der Waals surface area contributed by atoms with Crippen molar-refractivity contribution in [2.24, 2.45) is 5.73 Å². The molecule has 9 N–H and O–H groups in total. The Bertz CT molecular complexity index is 1380. The summed E-state index contributed by atoms with van der Waals surface area (Å²) in [5, 5.41) is 37.9. The minimum absolute atomic E-state index is 0.00708. The second kappa shape index (κ2) is 15.2. The maximum absolute atomic E-state index is 13.3. The molecule has 0 bridgehead atoms. The Morgan fingerprint density at radius 3 is 2.24 bits per heavy atom. The molecule has 0 fully saturated rings. The van der Waals surface area contributed by atoms with Gasteiger partial charge in [-0.15, -0.1) is 0 Å². The Morgan fingerprint density at radius 2 is 1.60 bits per heavy atom. The molecular weight excluding hydrogens is 562 g/mol. The van der Waals surface area contributed by atoms with Crippen molar-refractivity contribution < 1.29 is 34.5 Å². The minimum Gasteiger partial charge on any atom is -0.508 e. The number of hydrogen-bond donors (Lipinski definition) is 8. The van der Waals surface area contributed by atoms with Crippen molar-refractivity contribution in [2.45, 2.75) is 56.5 Å². The van der Waals surface area contributed by atoms with Gasteiger partial charge in [-0.05, 0) is 61.1 Å². The standard InChI is InChI=1S/C29H37N5O7S/c1-16(35)25(34-26(37)21(30)14-18-15-31-22-6-4-3-5-20(18)22)28(39)33-24(13-17-7-9-19(36)10-8-17)27(38)32-23(29(40)41)11-12-42-2/h3-10,15-16,21,23-25,31,35-36H,11-14,30H2,1-2H3,(H,32,38)(H,33,39)(H,34,37)(H,40,41). The Hall–Kier alpha value is -4.07. The van der Waals surface area contributed by atoms with Crippen LogP contribution >= 0.6 is 11.8 Å². The topological polar surface area (TPSA) is 207 Å². The van der Waals surface area contributed by atoms with E-state index in [1.165, 1.54) is 30.8 Å². The first kappa shape index (κ1) is 32.4. The zero-order chi connectivity index (χ0) is 30.8. The molecule has 0 spiro atoms. The minimum atomic E-state index is -1.45. The molecule has 0 aliphatic carbocycles. The van der Waals surface area contributed by atoms with Crippen LogP contribution in [0.15, 0.2) is 54.7 Å². The molecule has 3 aromatic rings. The number of hydrogen-bond acceptors (Lipinski definition) is 8. The summed E-state index contributed by atoms with van der Waals surface area (Å²) >= 11 is 1.43. The van der Waals surface area contributed by atoms with Gasteiger partial charge < -0.3 is 42.0 Å². The number of amides is 3. The molecule has 5 atom stereocenters. The van der Waals surface area contributed by atoms with E-state index in [-0.39, 0.29) is 25.0 Å². The summed E-state index contributed by atoms with van der Waals surface area (Å²) in [7, 11) is 0. The van der Waals surface area contributed by atoms with Gasteiger partial charge in [0.15, 0.2) is 0 Å². The van der Waals surface area contributed by atoms with Gasteiger partial charge in [-0.2, -0.15) is 11.8 Å². The first-order valence-electron chi connectivity index (χ1n) is 13.4. The second-order valence-corrected chi connectivity index (χ2v) is 11.0. The van der Waals surface area contributed by atoms with E-state index in [0.29, 0.717) is 11.3 Å². The molecule has 0 aliphatic heterocycles. The molecule has 0 saturated carbocycles. The highest BCUT2D eigenvalue weighted by atomic mass is 32.2. The van der Waals surface area contributed by atoms with Gasteiger partial charge in [0.25, 0.3) is 0 Å². The Morgan fingerprint density at radius 1 is 0.929 bits per heavy atom. The van der Waals surface area contributed by atoms with Gasteiger partial charge in [-0.25, -0.2) is 4.79 Å². The largest absolute Gasteiger partial charge is 0.508 e. The molecule has 2 aromatic carbocycles. The van der Waals surface area contributed by atoms with E-state index >= 15 is 0 Å². The quantitative estimate of drug-likeness (QED) is 0.123. The number of phenols is 1. The molecule has 5 unspecified atom stereocenters. The molecule has 1 heterocycles. The Balaban J connectivity index is 1.74. The third-order valence-corrected chi connectivity index (χ3v) is 7.39. The summed E-state index contributed by atoms with van der Waals surface area (Å²) in [6.07, 6.45) is 2.51. The lowest BCUT2D eigenvalue weighted by Crippen LogP contribution is -2.60. The number of carbonyl (C=O) groups is 4. The highest BCUT2D eigenvalue weighted by Crippen LogP contribution is 2.19. The zero-order valence-corrected chi connectivity index (χ0v) is 24.2. The lowest BCUT2D eigenvalue weighted by Gasteiger charge is -2.26. The molecule has 12 nitrogen and oxygen atoms in total. The number of phenolic OH excluding ortho intramolecular Hbond substituents is 1. The molecule has 3 amide bonds. The SMILES string of the molecule is CSCCC(NC(=O)C(Cc1ccc(O)cc1)NC(=O)C(NC(=O)C(N)Cc1c[nH]c2ccccc12)C(C)O)C(=O)O. The lowest BCUT2D eigenvalue weighted by atomic mass is 10.0. The monoisotopic (exact) mass is 599 g/mol. The van der Waals surface area contributed by atoms with Crippen LogP contribution < -0.4 is 21.7 Å². The number of carboxylic acids is 1. The van der Waals surface area contributed by atoms with Gasteiger partial charge in [0, 0.05) is 23.5 Å². The van der Waals surface area contributed by atoms with E-state index in [1.807, 2.05) is 30.5 Å². The normalized spacial score (nSPS) is 14.8. The number of carboxylic acid groups (broad SMARTS) is 1. The van der Waals surface area contributed by atoms with Gasteiger partial charge in [0.1, 0.15) is 23.9 Å². The predicted octanol–water partition coefficient (Wildman–Crippen LogP) is 0.659. The summed E-state index contributed by atoms with van der Waals surface area (Å²) in [6, 6.07) is 8.55. The molecule has 3 rings (SSSR count). The van der Waals surface area contributed by atoms with Crippen molar-refractivity contribution in [2.75, 3.05) is 12.0 Å². The van der Waals surface area contributed by atoms with Crippen LogP contribution in [0.4, 0.5) is 0 Å². The molecule has 1 aromatic heterocycles. The highest BCUT2D eigenvalue weighted by Gasteiger charge is 2.32. The van der Waals surface area contributed by atoms with E-state index in [4.69, 9.17) is 5.73 Å². The number of aliphatic hydroxyl groups is 1. The van der Waals surface area contributed by atoms with Crippen LogP contribution in [0.2, 0.25) is 0 Å². The molecule has 42 heavy (non-hydrogen) atoms. The van der Waals surface area contributed by atoms with E-state index in [2.05, 4.69) is 20.9 Å². The number of nitrogens with two attached hydrogens (primary N) is 1. The summed E-state index contributed by atoms with van der Waals surface area (Å²) in [6.45, 7) is 1.31. The predicted molar refractivity (Wildman–Crippen MR) is 160 cm³/mol. The third kappa shape index (κ3) is 8.96.